The van der Waals surface area contributed by atoms with Crippen LogP contribution in [0.15, 0.2) is 35.2 Å². The van der Waals surface area contributed by atoms with Crippen LogP contribution in [0.4, 0.5) is 5.00 Å². The molecule has 28 heavy (non-hydrogen) atoms. The fourth-order valence-electron chi connectivity index (χ4n) is 3.37. The van der Waals surface area contributed by atoms with Crippen molar-refractivity contribution in [2.24, 2.45) is 5.92 Å². The van der Waals surface area contributed by atoms with E-state index in [4.69, 9.17) is 0 Å². The molecule has 2 amide bonds. The van der Waals surface area contributed by atoms with Crippen LogP contribution in [0.3, 0.4) is 0 Å². The summed E-state index contributed by atoms with van der Waals surface area (Å²) in [4.78, 5) is 26.1. The molecule has 8 heteroatoms. The van der Waals surface area contributed by atoms with Crippen molar-refractivity contribution in [3.05, 3.63) is 46.3 Å². The first-order valence-corrected chi connectivity index (χ1v) is 11.7. The van der Waals surface area contributed by atoms with Gasteiger partial charge in [0.05, 0.1) is 16.2 Å². The molecule has 1 atom stereocenters. The third-order valence-electron chi connectivity index (χ3n) is 4.92. The number of hydrogen-bond acceptors (Lipinski definition) is 5. The first-order valence-electron chi connectivity index (χ1n) is 9.26. The topological polar surface area (TPSA) is 92.3 Å². The molecule has 1 aliphatic rings. The number of anilines is 1. The highest BCUT2D eigenvalue weighted by atomic mass is 32.2. The Bertz CT molecular complexity index is 981. The van der Waals surface area contributed by atoms with Crippen LogP contribution in [0.5, 0.6) is 0 Å². The maximum absolute atomic E-state index is 12.4. The van der Waals surface area contributed by atoms with E-state index in [0.717, 1.165) is 29.7 Å². The van der Waals surface area contributed by atoms with E-state index >= 15 is 0 Å². The average molecular weight is 421 g/mol. The highest BCUT2D eigenvalue weighted by Gasteiger charge is 2.28. The molecule has 0 bridgehead atoms. The minimum atomic E-state index is -3.53. The quantitative estimate of drug-likeness (QED) is 0.751. The van der Waals surface area contributed by atoms with Crippen molar-refractivity contribution in [3.8, 4) is 0 Å². The van der Waals surface area contributed by atoms with Crippen molar-refractivity contribution in [1.82, 2.24) is 5.32 Å². The molecule has 1 aromatic carbocycles. The summed E-state index contributed by atoms with van der Waals surface area (Å²) in [6, 6.07) is 8.09. The lowest BCUT2D eigenvalue weighted by molar-refractivity contribution is -0.115. The van der Waals surface area contributed by atoms with Crippen molar-refractivity contribution in [2.75, 3.05) is 18.1 Å². The molecular formula is C20H24N2O4S2. The third kappa shape index (κ3) is 4.44. The zero-order valence-corrected chi connectivity index (χ0v) is 17.6. The second-order valence-electron chi connectivity index (χ2n) is 7.07. The molecular weight excluding hydrogens is 396 g/mol. The van der Waals surface area contributed by atoms with E-state index in [0.29, 0.717) is 16.5 Å². The Labute approximate surface area is 169 Å². The largest absolute Gasteiger partial charge is 0.355 e. The molecule has 0 spiro atoms. The lowest BCUT2D eigenvalue weighted by atomic mass is 9.88. The summed E-state index contributed by atoms with van der Waals surface area (Å²) in [6.07, 6.45) is 2.55. The van der Waals surface area contributed by atoms with Gasteiger partial charge in [-0.15, -0.1) is 11.3 Å². The van der Waals surface area contributed by atoms with Crippen LogP contribution in [-0.4, -0.2) is 33.0 Å². The van der Waals surface area contributed by atoms with Crippen molar-refractivity contribution < 1.29 is 18.0 Å². The standard InChI is InChI=1S/C20H24N2O4S2/c1-13-8-9-15-16(12-13)27-20(18(15)19(24)21-2)22-17(23)10-11-28(25,26)14-6-4-3-5-7-14/h3-7,13H,8-12H2,1-2H3,(H,21,24)(H,22,23)/t13-/m0/s1. The van der Waals surface area contributed by atoms with Gasteiger partial charge in [0.1, 0.15) is 5.00 Å². The van der Waals surface area contributed by atoms with Crippen molar-refractivity contribution in [2.45, 2.75) is 37.5 Å². The molecule has 1 aromatic heterocycles. The van der Waals surface area contributed by atoms with E-state index in [9.17, 15) is 18.0 Å². The Hall–Kier alpha value is -2.19. The first kappa shape index (κ1) is 20.5. The first-order chi connectivity index (χ1) is 13.3. The van der Waals surface area contributed by atoms with Crippen LogP contribution < -0.4 is 10.6 Å². The Kier molecular flexibility index (Phi) is 6.20. The Balaban J connectivity index is 1.74. The maximum atomic E-state index is 12.4. The highest BCUT2D eigenvalue weighted by molar-refractivity contribution is 7.91. The maximum Gasteiger partial charge on any atom is 0.254 e. The summed E-state index contributed by atoms with van der Waals surface area (Å²) >= 11 is 1.43. The number of carbonyl (C=O) groups is 2. The summed E-state index contributed by atoms with van der Waals surface area (Å²) in [7, 11) is -1.96. The lowest BCUT2D eigenvalue weighted by Crippen LogP contribution is -2.23. The van der Waals surface area contributed by atoms with Gasteiger partial charge in [-0.3, -0.25) is 9.59 Å². The molecule has 0 unspecified atom stereocenters. The SMILES string of the molecule is CNC(=O)c1c(NC(=O)CCS(=O)(=O)c2ccccc2)sc2c1CC[C@H](C)C2. The monoisotopic (exact) mass is 420 g/mol. The van der Waals surface area contributed by atoms with Crippen LogP contribution in [-0.2, 0) is 27.5 Å². The van der Waals surface area contributed by atoms with Crippen LogP contribution in [0.1, 0.15) is 40.6 Å². The van der Waals surface area contributed by atoms with E-state index < -0.39 is 15.7 Å². The lowest BCUT2D eigenvalue weighted by Gasteiger charge is -2.18. The van der Waals surface area contributed by atoms with Crippen LogP contribution in [0.2, 0.25) is 0 Å². The number of fused-ring (bicyclic) bond motifs is 1. The molecule has 2 N–H and O–H groups in total. The highest BCUT2D eigenvalue weighted by Crippen LogP contribution is 2.39. The minimum absolute atomic E-state index is 0.163. The number of thiophene rings is 1. The fourth-order valence-corrected chi connectivity index (χ4v) is 6.05. The molecule has 1 heterocycles. The molecule has 0 aliphatic heterocycles. The van der Waals surface area contributed by atoms with Crippen molar-refractivity contribution in [3.63, 3.8) is 0 Å². The molecule has 6 nitrogen and oxygen atoms in total. The number of nitrogens with one attached hydrogen (secondary N) is 2. The van der Waals surface area contributed by atoms with Gasteiger partial charge in [-0.05, 0) is 42.9 Å². The Morgan fingerprint density at radius 3 is 2.61 bits per heavy atom. The van der Waals surface area contributed by atoms with E-state index in [1.54, 1.807) is 25.2 Å². The summed E-state index contributed by atoms with van der Waals surface area (Å²) in [6.45, 7) is 2.18. The molecule has 150 valence electrons. The number of sulfone groups is 1. The number of hydrogen-bond donors (Lipinski definition) is 2. The predicted molar refractivity (Wildman–Crippen MR) is 111 cm³/mol. The molecule has 0 radical (unpaired) electrons. The average Bonchev–Trinajstić information content (AvgIpc) is 3.03. The number of benzene rings is 1. The van der Waals surface area contributed by atoms with Gasteiger partial charge < -0.3 is 10.6 Å². The van der Waals surface area contributed by atoms with Crippen molar-refractivity contribution in [1.29, 1.82) is 0 Å². The second-order valence-corrected chi connectivity index (χ2v) is 10.3. The van der Waals surface area contributed by atoms with E-state index in [1.807, 2.05) is 0 Å². The second kappa shape index (κ2) is 8.45. The van der Waals surface area contributed by atoms with Gasteiger partial charge in [0, 0.05) is 18.3 Å². The molecule has 0 saturated carbocycles. The van der Waals surface area contributed by atoms with Crippen molar-refractivity contribution >= 4 is 38.0 Å². The van der Waals surface area contributed by atoms with Gasteiger partial charge in [-0.1, -0.05) is 25.1 Å². The van der Waals surface area contributed by atoms with Gasteiger partial charge in [0.25, 0.3) is 5.91 Å². The smallest absolute Gasteiger partial charge is 0.254 e. The molecule has 0 saturated heterocycles. The van der Waals surface area contributed by atoms with Gasteiger partial charge >= 0.3 is 0 Å². The summed E-state index contributed by atoms with van der Waals surface area (Å²) < 4.78 is 24.7. The Morgan fingerprint density at radius 1 is 1.21 bits per heavy atom. The number of rotatable bonds is 6. The van der Waals surface area contributed by atoms with Gasteiger partial charge in [0.15, 0.2) is 9.84 Å². The van der Waals surface area contributed by atoms with Crippen LogP contribution in [0, 0.1) is 5.92 Å². The number of amides is 2. The van der Waals surface area contributed by atoms with Gasteiger partial charge in [0.2, 0.25) is 5.91 Å². The summed E-state index contributed by atoms with van der Waals surface area (Å²) in [5.74, 6) is -0.362. The zero-order valence-electron chi connectivity index (χ0n) is 15.9. The number of carbonyl (C=O) groups excluding carboxylic acids is 2. The van der Waals surface area contributed by atoms with E-state index in [1.165, 1.54) is 23.5 Å². The molecule has 1 aliphatic carbocycles. The molecule has 2 aromatic rings. The van der Waals surface area contributed by atoms with E-state index in [-0.39, 0.29) is 23.0 Å². The zero-order chi connectivity index (χ0) is 20.3. The predicted octanol–water partition coefficient (Wildman–Crippen LogP) is 3.04. The minimum Gasteiger partial charge on any atom is -0.355 e. The van der Waals surface area contributed by atoms with Gasteiger partial charge in [-0.2, -0.15) is 0 Å². The normalized spacial score (nSPS) is 16.3. The summed E-state index contributed by atoms with van der Waals surface area (Å²) in [5.41, 5.74) is 1.53. The molecule has 0 fully saturated rings. The van der Waals surface area contributed by atoms with Crippen LogP contribution >= 0.6 is 11.3 Å². The van der Waals surface area contributed by atoms with E-state index in [2.05, 4.69) is 17.6 Å². The summed E-state index contributed by atoms with van der Waals surface area (Å²) in [5, 5.41) is 5.93. The van der Waals surface area contributed by atoms with Gasteiger partial charge in [-0.25, -0.2) is 8.42 Å². The molecule has 3 rings (SSSR count). The fraction of sp³-hybridized carbons (Fsp3) is 0.400. The van der Waals surface area contributed by atoms with Crippen LogP contribution in [0.25, 0.3) is 0 Å². The Morgan fingerprint density at radius 2 is 1.93 bits per heavy atom. The third-order valence-corrected chi connectivity index (χ3v) is 7.82.